The molecule has 2 aromatic carbocycles. The molecule has 1 amide bonds. The Morgan fingerprint density at radius 2 is 2.00 bits per heavy atom. The lowest BCUT2D eigenvalue weighted by atomic mass is 10.1. The normalized spacial score (nSPS) is 10.7. The van der Waals surface area contributed by atoms with Gasteiger partial charge in [-0.3, -0.25) is 4.79 Å². The van der Waals surface area contributed by atoms with Crippen molar-refractivity contribution in [3.8, 4) is 17.0 Å². The Balaban J connectivity index is 1.99. The summed E-state index contributed by atoms with van der Waals surface area (Å²) in [6.07, 6.45) is 0. The van der Waals surface area contributed by atoms with Crippen molar-refractivity contribution in [2.24, 2.45) is 0 Å². The van der Waals surface area contributed by atoms with Crippen molar-refractivity contribution in [2.45, 2.75) is 19.7 Å². The highest BCUT2D eigenvalue weighted by Crippen LogP contribution is 2.27. The molecule has 0 saturated carbocycles. The number of carbonyl (C=O) groups is 1. The summed E-state index contributed by atoms with van der Waals surface area (Å²) in [4.78, 5) is 13.2. The number of amides is 1. The molecule has 1 aromatic heterocycles. The van der Waals surface area contributed by atoms with E-state index in [9.17, 15) is 4.79 Å². The molecule has 6 nitrogen and oxygen atoms in total. The van der Waals surface area contributed by atoms with Crippen LogP contribution < -0.4 is 10.1 Å². The van der Waals surface area contributed by atoms with Crippen LogP contribution in [0.25, 0.3) is 11.3 Å². The van der Waals surface area contributed by atoms with Crippen LogP contribution in [0.1, 0.15) is 23.0 Å². The summed E-state index contributed by atoms with van der Waals surface area (Å²) >= 11 is 7.84. The summed E-state index contributed by atoms with van der Waals surface area (Å²) in [6.45, 7) is 3.92. The van der Waals surface area contributed by atoms with Crippen molar-refractivity contribution < 1.29 is 9.53 Å². The van der Waals surface area contributed by atoms with Crippen molar-refractivity contribution in [1.82, 2.24) is 15.0 Å². The molecular weight excluding hydrogens is 396 g/mol. The van der Waals surface area contributed by atoms with Gasteiger partial charge in [-0.05, 0) is 54.6 Å². The number of hydrogen-bond acceptors (Lipinski definition) is 5. The van der Waals surface area contributed by atoms with Gasteiger partial charge in [-0.2, -0.15) is 0 Å². The van der Waals surface area contributed by atoms with Crippen LogP contribution in [0.3, 0.4) is 0 Å². The maximum Gasteiger partial charge on any atom is 0.276 e. The van der Waals surface area contributed by atoms with Gasteiger partial charge in [-0.1, -0.05) is 29.8 Å². The standard InChI is InChI=1S/C20H21ClN4O2S/c1-4-28-12-25-19(20(26)22-17-7-5-6-16(21)13(17)2)18(23-24-25)14-8-10-15(27-3)11-9-14/h5-11H,4,12H2,1-3H3,(H,22,26). The molecule has 0 saturated heterocycles. The fourth-order valence-electron chi connectivity index (χ4n) is 2.67. The molecular formula is C20H21ClN4O2S. The highest BCUT2D eigenvalue weighted by Gasteiger charge is 2.22. The van der Waals surface area contributed by atoms with Gasteiger partial charge in [-0.15, -0.1) is 16.9 Å². The number of thioether (sulfide) groups is 1. The van der Waals surface area contributed by atoms with Gasteiger partial charge in [0.05, 0.1) is 13.0 Å². The van der Waals surface area contributed by atoms with E-state index in [2.05, 4.69) is 22.6 Å². The minimum absolute atomic E-state index is 0.280. The van der Waals surface area contributed by atoms with Gasteiger partial charge in [0.25, 0.3) is 5.91 Å². The molecule has 0 unspecified atom stereocenters. The zero-order chi connectivity index (χ0) is 20.1. The lowest BCUT2D eigenvalue weighted by molar-refractivity contribution is 0.101. The van der Waals surface area contributed by atoms with E-state index in [1.807, 2.05) is 37.3 Å². The second kappa shape index (κ2) is 9.12. The average molecular weight is 417 g/mol. The number of benzene rings is 2. The maximum absolute atomic E-state index is 13.2. The molecule has 0 aliphatic carbocycles. The first-order chi connectivity index (χ1) is 13.5. The fourth-order valence-corrected chi connectivity index (χ4v) is 3.38. The van der Waals surface area contributed by atoms with Gasteiger partial charge < -0.3 is 10.1 Å². The number of hydrogen-bond donors (Lipinski definition) is 1. The smallest absolute Gasteiger partial charge is 0.276 e. The van der Waals surface area contributed by atoms with Crippen LogP contribution in [0, 0.1) is 6.92 Å². The maximum atomic E-state index is 13.2. The number of ether oxygens (including phenoxy) is 1. The van der Waals surface area contributed by atoms with Crippen molar-refractivity contribution in [3.05, 3.63) is 58.7 Å². The second-order valence-electron chi connectivity index (χ2n) is 6.00. The zero-order valence-corrected chi connectivity index (χ0v) is 17.5. The van der Waals surface area contributed by atoms with Gasteiger partial charge in [-0.25, -0.2) is 4.68 Å². The first kappa shape index (κ1) is 20.2. The number of aromatic nitrogens is 3. The first-order valence-electron chi connectivity index (χ1n) is 8.77. The molecule has 0 atom stereocenters. The Hall–Kier alpha value is -2.51. The van der Waals surface area contributed by atoms with E-state index in [4.69, 9.17) is 16.3 Å². The molecule has 0 fully saturated rings. The van der Waals surface area contributed by atoms with Gasteiger partial charge in [0, 0.05) is 16.3 Å². The predicted molar refractivity (Wildman–Crippen MR) is 114 cm³/mol. The number of rotatable bonds is 7. The second-order valence-corrected chi connectivity index (χ2v) is 7.65. The average Bonchev–Trinajstić information content (AvgIpc) is 3.14. The highest BCUT2D eigenvalue weighted by atomic mass is 35.5. The SMILES string of the molecule is CCSCn1nnc(-c2ccc(OC)cc2)c1C(=O)Nc1cccc(Cl)c1C. The Labute approximate surface area is 173 Å². The molecule has 28 heavy (non-hydrogen) atoms. The lowest BCUT2D eigenvalue weighted by Crippen LogP contribution is -2.19. The van der Waals surface area contributed by atoms with Gasteiger partial charge in [0.2, 0.25) is 0 Å². The molecule has 1 heterocycles. The largest absolute Gasteiger partial charge is 0.497 e. The fraction of sp³-hybridized carbons (Fsp3) is 0.250. The molecule has 0 aliphatic rings. The van der Waals surface area contributed by atoms with E-state index in [0.717, 1.165) is 22.6 Å². The third-order valence-corrected chi connectivity index (χ3v) is 5.49. The van der Waals surface area contributed by atoms with Crippen LogP contribution in [-0.4, -0.2) is 33.8 Å². The minimum Gasteiger partial charge on any atom is -0.497 e. The third-order valence-electron chi connectivity index (χ3n) is 4.25. The van der Waals surface area contributed by atoms with E-state index in [0.29, 0.717) is 28.0 Å². The summed E-state index contributed by atoms with van der Waals surface area (Å²) < 4.78 is 6.84. The van der Waals surface area contributed by atoms with Crippen molar-refractivity contribution in [3.63, 3.8) is 0 Å². The molecule has 0 bridgehead atoms. The van der Waals surface area contributed by atoms with Crippen molar-refractivity contribution in [2.75, 3.05) is 18.2 Å². The first-order valence-corrected chi connectivity index (χ1v) is 10.3. The molecule has 3 aromatic rings. The molecule has 146 valence electrons. The number of anilines is 1. The van der Waals surface area contributed by atoms with Gasteiger partial charge in [0.15, 0.2) is 5.69 Å². The lowest BCUT2D eigenvalue weighted by Gasteiger charge is -2.11. The number of halogens is 1. The molecule has 3 rings (SSSR count). The van der Waals surface area contributed by atoms with Crippen molar-refractivity contribution in [1.29, 1.82) is 0 Å². The number of carbonyl (C=O) groups excluding carboxylic acids is 1. The summed E-state index contributed by atoms with van der Waals surface area (Å²) in [5.41, 5.74) is 3.20. The summed E-state index contributed by atoms with van der Waals surface area (Å²) in [7, 11) is 1.61. The summed E-state index contributed by atoms with van der Waals surface area (Å²) in [5.74, 6) is 1.90. The number of methoxy groups -OCH3 is 1. The third kappa shape index (κ3) is 4.31. The number of nitrogens with one attached hydrogen (secondary N) is 1. The molecule has 0 radical (unpaired) electrons. The monoisotopic (exact) mass is 416 g/mol. The highest BCUT2D eigenvalue weighted by molar-refractivity contribution is 7.98. The quantitative estimate of drug-likeness (QED) is 0.594. The Kier molecular flexibility index (Phi) is 6.59. The van der Waals surface area contributed by atoms with E-state index in [1.54, 1.807) is 35.7 Å². The van der Waals surface area contributed by atoms with Crippen LogP contribution in [0.15, 0.2) is 42.5 Å². The molecule has 0 aliphatic heterocycles. The van der Waals surface area contributed by atoms with E-state index < -0.39 is 0 Å². The van der Waals surface area contributed by atoms with Crippen LogP contribution in [-0.2, 0) is 5.88 Å². The molecule has 0 spiro atoms. The van der Waals surface area contributed by atoms with E-state index in [1.165, 1.54) is 0 Å². The predicted octanol–water partition coefficient (Wildman–Crippen LogP) is 4.88. The Morgan fingerprint density at radius 3 is 2.68 bits per heavy atom. The van der Waals surface area contributed by atoms with Crippen LogP contribution in [0.4, 0.5) is 5.69 Å². The van der Waals surface area contributed by atoms with Crippen LogP contribution >= 0.6 is 23.4 Å². The summed E-state index contributed by atoms with van der Waals surface area (Å²) in [6, 6.07) is 12.8. The number of nitrogens with zero attached hydrogens (tertiary/aromatic N) is 3. The van der Waals surface area contributed by atoms with E-state index in [-0.39, 0.29) is 5.91 Å². The van der Waals surface area contributed by atoms with E-state index >= 15 is 0 Å². The van der Waals surface area contributed by atoms with Gasteiger partial charge >= 0.3 is 0 Å². The Bertz CT molecular complexity index is 973. The molecule has 1 N–H and O–H groups in total. The van der Waals surface area contributed by atoms with Crippen LogP contribution in [0.5, 0.6) is 5.75 Å². The summed E-state index contributed by atoms with van der Waals surface area (Å²) in [5, 5.41) is 12.0. The molecule has 8 heteroatoms. The van der Waals surface area contributed by atoms with Crippen LogP contribution in [0.2, 0.25) is 5.02 Å². The zero-order valence-electron chi connectivity index (χ0n) is 15.9. The van der Waals surface area contributed by atoms with Gasteiger partial charge in [0.1, 0.15) is 11.4 Å². The minimum atomic E-state index is -0.280. The topological polar surface area (TPSA) is 69.0 Å². The Morgan fingerprint density at radius 1 is 1.25 bits per heavy atom. The van der Waals surface area contributed by atoms with Crippen molar-refractivity contribution >= 4 is 35.0 Å².